The Hall–Kier alpha value is -2.34. The minimum Gasteiger partial charge on any atom is -0.478 e. The molecule has 0 aliphatic heterocycles. The number of nitrogens with zero attached hydrogens (tertiary/aromatic N) is 2. The zero-order valence-electron chi connectivity index (χ0n) is 14.1. The monoisotopic (exact) mass is 349 g/mol. The van der Waals surface area contributed by atoms with E-state index in [1.807, 2.05) is 27.8 Å². The first-order valence-corrected chi connectivity index (χ1v) is 7.91. The van der Waals surface area contributed by atoms with E-state index in [-0.39, 0.29) is 22.4 Å². The zero-order valence-corrected chi connectivity index (χ0v) is 14.8. The van der Waals surface area contributed by atoms with E-state index in [2.05, 4.69) is 10.4 Å². The lowest BCUT2D eigenvalue weighted by atomic mass is 9.98. The van der Waals surface area contributed by atoms with Crippen LogP contribution in [-0.4, -0.2) is 26.8 Å². The van der Waals surface area contributed by atoms with Gasteiger partial charge in [0.15, 0.2) is 0 Å². The van der Waals surface area contributed by atoms with Crippen LogP contribution in [0.2, 0.25) is 5.02 Å². The summed E-state index contributed by atoms with van der Waals surface area (Å²) in [4.78, 5) is 23.3. The van der Waals surface area contributed by atoms with Crippen molar-refractivity contribution in [3.05, 3.63) is 45.7 Å². The van der Waals surface area contributed by atoms with Crippen molar-refractivity contribution in [1.82, 2.24) is 9.78 Å². The van der Waals surface area contributed by atoms with Crippen LogP contribution in [0.15, 0.2) is 18.2 Å². The van der Waals surface area contributed by atoms with Crippen LogP contribution in [0.5, 0.6) is 0 Å². The van der Waals surface area contributed by atoms with E-state index in [1.54, 1.807) is 4.68 Å². The van der Waals surface area contributed by atoms with Crippen molar-refractivity contribution < 1.29 is 14.7 Å². The van der Waals surface area contributed by atoms with Gasteiger partial charge in [0.1, 0.15) is 0 Å². The highest BCUT2D eigenvalue weighted by atomic mass is 35.5. The molecule has 2 rings (SSSR count). The Morgan fingerprint density at radius 1 is 1.38 bits per heavy atom. The molecule has 0 radical (unpaired) electrons. The van der Waals surface area contributed by atoms with Gasteiger partial charge in [-0.15, -0.1) is 0 Å². The molecular weight excluding hydrogens is 330 g/mol. The van der Waals surface area contributed by atoms with Crippen molar-refractivity contribution >= 4 is 29.2 Å². The third kappa shape index (κ3) is 3.76. The first-order chi connectivity index (χ1) is 11.2. The average Bonchev–Trinajstić information content (AvgIpc) is 2.73. The molecule has 0 aliphatic carbocycles. The number of carboxylic acid groups (broad SMARTS) is 1. The molecule has 1 aromatic carbocycles. The van der Waals surface area contributed by atoms with Gasteiger partial charge in [0.25, 0.3) is 0 Å². The highest BCUT2D eigenvalue weighted by Gasteiger charge is 2.19. The third-order valence-electron chi connectivity index (χ3n) is 4.08. The Morgan fingerprint density at radius 2 is 2.04 bits per heavy atom. The minimum absolute atomic E-state index is 0.00400. The van der Waals surface area contributed by atoms with Crippen molar-refractivity contribution in [2.75, 3.05) is 5.32 Å². The van der Waals surface area contributed by atoms with Crippen molar-refractivity contribution in [3.63, 3.8) is 0 Å². The standard InChI is InChI=1S/C17H20ClN3O3/c1-9(7-14-10(2)20-21(4)11(14)3)16(22)19-12-5-6-13(17(23)24)15(18)8-12/h5-6,8-9H,7H2,1-4H3,(H,19,22)(H,23,24)/t9-/m1/s1. The molecular formula is C17H20ClN3O3. The van der Waals surface area contributed by atoms with E-state index in [9.17, 15) is 9.59 Å². The maximum atomic E-state index is 12.4. The lowest BCUT2D eigenvalue weighted by molar-refractivity contribution is -0.119. The number of amides is 1. The quantitative estimate of drug-likeness (QED) is 0.868. The molecule has 0 saturated carbocycles. The number of benzene rings is 1. The molecule has 0 spiro atoms. The van der Waals surface area contributed by atoms with Gasteiger partial charge >= 0.3 is 5.97 Å². The van der Waals surface area contributed by atoms with E-state index in [4.69, 9.17) is 16.7 Å². The van der Waals surface area contributed by atoms with Gasteiger partial charge in [-0.1, -0.05) is 18.5 Å². The van der Waals surface area contributed by atoms with E-state index in [1.165, 1.54) is 18.2 Å². The number of aromatic carboxylic acids is 1. The van der Waals surface area contributed by atoms with Crippen molar-refractivity contribution in [3.8, 4) is 0 Å². The largest absolute Gasteiger partial charge is 0.478 e. The SMILES string of the molecule is Cc1nn(C)c(C)c1C[C@@H](C)C(=O)Nc1ccc(C(=O)O)c(Cl)c1. The highest BCUT2D eigenvalue weighted by molar-refractivity contribution is 6.33. The fourth-order valence-corrected chi connectivity index (χ4v) is 2.80. The first kappa shape index (κ1) is 18.0. The van der Waals surface area contributed by atoms with Gasteiger partial charge in [-0.05, 0) is 44.0 Å². The number of hydrogen-bond acceptors (Lipinski definition) is 3. The summed E-state index contributed by atoms with van der Waals surface area (Å²) in [6.07, 6.45) is 0.582. The molecule has 24 heavy (non-hydrogen) atoms. The lowest BCUT2D eigenvalue weighted by Crippen LogP contribution is -2.22. The number of nitrogens with one attached hydrogen (secondary N) is 1. The molecule has 0 saturated heterocycles. The number of rotatable bonds is 5. The van der Waals surface area contributed by atoms with Crippen LogP contribution in [-0.2, 0) is 18.3 Å². The van der Waals surface area contributed by atoms with Gasteiger partial charge in [0.05, 0.1) is 16.3 Å². The summed E-state index contributed by atoms with van der Waals surface area (Å²) in [5.41, 5.74) is 3.51. The van der Waals surface area contributed by atoms with Crippen LogP contribution in [0, 0.1) is 19.8 Å². The van der Waals surface area contributed by atoms with E-state index in [0.717, 1.165) is 17.0 Å². The summed E-state index contributed by atoms with van der Waals surface area (Å²) < 4.78 is 1.81. The summed E-state index contributed by atoms with van der Waals surface area (Å²) in [6, 6.07) is 4.34. The normalized spacial score (nSPS) is 12.0. The van der Waals surface area contributed by atoms with Crippen molar-refractivity contribution in [1.29, 1.82) is 0 Å². The maximum Gasteiger partial charge on any atom is 0.337 e. The number of anilines is 1. The first-order valence-electron chi connectivity index (χ1n) is 7.53. The number of carboxylic acids is 1. The molecule has 0 unspecified atom stereocenters. The fraction of sp³-hybridized carbons (Fsp3) is 0.353. The van der Waals surface area contributed by atoms with Crippen LogP contribution in [0.3, 0.4) is 0 Å². The van der Waals surface area contributed by atoms with Crippen LogP contribution < -0.4 is 5.32 Å². The van der Waals surface area contributed by atoms with E-state index in [0.29, 0.717) is 12.1 Å². The molecule has 2 aromatic rings. The topological polar surface area (TPSA) is 84.2 Å². The number of hydrogen-bond donors (Lipinski definition) is 2. The van der Waals surface area contributed by atoms with Crippen LogP contribution in [0.25, 0.3) is 0 Å². The number of carbonyl (C=O) groups is 2. The minimum atomic E-state index is -1.10. The molecule has 1 aromatic heterocycles. The van der Waals surface area contributed by atoms with Crippen LogP contribution in [0.4, 0.5) is 5.69 Å². The summed E-state index contributed by atoms with van der Waals surface area (Å²) in [5, 5.41) is 16.2. The van der Waals surface area contributed by atoms with Gasteiger partial charge in [0, 0.05) is 24.3 Å². The Kier molecular flexibility index (Phi) is 5.29. The second kappa shape index (κ2) is 7.05. The van der Waals surface area contributed by atoms with Gasteiger partial charge < -0.3 is 10.4 Å². The summed E-state index contributed by atoms with van der Waals surface area (Å²) >= 11 is 5.92. The molecule has 0 bridgehead atoms. The van der Waals surface area contributed by atoms with Gasteiger partial charge in [-0.2, -0.15) is 5.10 Å². The van der Waals surface area contributed by atoms with E-state index < -0.39 is 5.97 Å². The molecule has 128 valence electrons. The maximum absolute atomic E-state index is 12.4. The lowest BCUT2D eigenvalue weighted by Gasteiger charge is -2.13. The number of aryl methyl sites for hydroxylation is 2. The molecule has 2 N–H and O–H groups in total. The predicted molar refractivity (Wildman–Crippen MR) is 92.6 cm³/mol. The Balaban J connectivity index is 2.09. The number of aromatic nitrogens is 2. The molecule has 6 nitrogen and oxygen atoms in total. The smallest absolute Gasteiger partial charge is 0.337 e. The Labute approximate surface area is 145 Å². The zero-order chi connectivity index (χ0) is 18.0. The molecule has 1 heterocycles. The second-order valence-electron chi connectivity index (χ2n) is 5.87. The molecule has 1 atom stereocenters. The Morgan fingerprint density at radius 3 is 2.54 bits per heavy atom. The summed E-state index contributed by atoms with van der Waals surface area (Å²) in [7, 11) is 1.88. The van der Waals surface area contributed by atoms with Crippen molar-refractivity contribution in [2.45, 2.75) is 27.2 Å². The fourth-order valence-electron chi connectivity index (χ4n) is 2.54. The third-order valence-corrected chi connectivity index (χ3v) is 4.40. The van der Waals surface area contributed by atoms with Gasteiger partial charge in [-0.25, -0.2) is 4.79 Å². The van der Waals surface area contributed by atoms with E-state index >= 15 is 0 Å². The highest BCUT2D eigenvalue weighted by Crippen LogP contribution is 2.22. The summed E-state index contributed by atoms with van der Waals surface area (Å²) in [6.45, 7) is 5.75. The second-order valence-corrected chi connectivity index (χ2v) is 6.27. The number of halogens is 1. The molecule has 1 amide bonds. The average molecular weight is 350 g/mol. The van der Waals surface area contributed by atoms with Crippen LogP contribution >= 0.6 is 11.6 Å². The van der Waals surface area contributed by atoms with Gasteiger partial charge in [-0.3, -0.25) is 9.48 Å². The van der Waals surface area contributed by atoms with Crippen molar-refractivity contribution in [2.24, 2.45) is 13.0 Å². The predicted octanol–water partition coefficient (Wildman–Crippen LogP) is 3.21. The Bertz CT molecular complexity index is 799. The molecule has 0 aliphatic rings. The van der Waals surface area contributed by atoms with Crippen LogP contribution in [0.1, 0.15) is 34.2 Å². The number of carbonyl (C=O) groups excluding carboxylic acids is 1. The molecule has 7 heteroatoms. The molecule has 0 fully saturated rings. The van der Waals surface area contributed by atoms with Gasteiger partial charge in [0.2, 0.25) is 5.91 Å². The summed E-state index contributed by atoms with van der Waals surface area (Å²) in [5.74, 6) is -1.52.